The third-order valence-electron chi connectivity index (χ3n) is 2.72. The molecule has 0 aliphatic rings. The van der Waals surface area contributed by atoms with Gasteiger partial charge < -0.3 is 5.73 Å². The number of benzene rings is 1. The summed E-state index contributed by atoms with van der Waals surface area (Å²) in [6, 6.07) is 4.34. The van der Waals surface area contributed by atoms with Crippen molar-refractivity contribution in [2.75, 3.05) is 5.73 Å². The second-order valence-electron chi connectivity index (χ2n) is 4.02. The van der Waals surface area contributed by atoms with E-state index in [1.807, 2.05) is 0 Å². The molecule has 0 radical (unpaired) electrons. The van der Waals surface area contributed by atoms with Gasteiger partial charge in [0.15, 0.2) is 0 Å². The van der Waals surface area contributed by atoms with E-state index in [-0.39, 0.29) is 5.56 Å². The minimum Gasteiger partial charge on any atom is -0.399 e. The zero-order valence-electron chi connectivity index (χ0n) is 9.92. The van der Waals surface area contributed by atoms with Crippen molar-refractivity contribution >= 4 is 17.3 Å². The second kappa shape index (κ2) is 4.57. The van der Waals surface area contributed by atoms with Gasteiger partial charge in [-0.25, -0.2) is 13.5 Å². The van der Waals surface area contributed by atoms with Crippen LogP contribution in [0.15, 0.2) is 18.2 Å². The zero-order chi connectivity index (χ0) is 13.4. The van der Waals surface area contributed by atoms with Gasteiger partial charge in [-0.05, 0) is 32.0 Å². The number of anilines is 1. The number of aryl methyl sites for hydroxylation is 1. The van der Waals surface area contributed by atoms with Gasteiger partial charge in [0, 0.05) is 11.3 Å². The highest BCUT2D eigenvalue weighted by molar-refractivity contribution is 6.31. The Morgan fingerprint density at radius 2 is 2.00 bits per heavy atom. The summed E-state index contributed by atoms with van der Waals surface area (Å²) in [4.78, 5) is 0. The number of hydrogen-bond acceptors (Lipinski definition) is 2. The van der Waals surface area contributed by atoms with Crippen LogP contribution in [0, 0.1) is 13.8 Å². The number of halogens is 3. The van der Waals surface area contributed by atoms with E-state index in [1.54, 1.807) is 19.9 Å². The summed E-state index contributed by atoms with van der Waals surface area (Å²) >= 11 is 6.02. The van der Waals surface area contributed by atoms with Crippen molar-refractivity contribution in [2.45, 2.75) is 20.3 Å². The summed E-state index contributed by atoms with van der Waals surface area (Å²) < 4.78 is 27.4. The molecule has 0 bridgehead atoms. The SMILES string of the molecule is Cc1nn(-c2ccc(N)cc2C(F)F)c(C)c1Cl. The Hall–Kier alpha value is -1.62. The van der Waals surface area contributed by atoms with E-state index in [0.29, 0.717) is 27.8 Å². The maximum absolute atomic E-state index is 13.0. The van der Waals surface area contributed by atoms with Crippen LogP contribution in [0.3, 0.4) is 0 Å². The average molecular weight is 272 g/mol. The molecule has 0 aliphatic heterocycles. The lowest BCUT2D eigenvalue weighted by molar-refractivity contribution is 0.151. The normalized spacial score (nSPS) is 11.2. The molecule has 6 heteroatoms. The molecule has 1 aromatic heterocycles. The van der Waals surface area contributed by atoms with Gasteiger partial charge in [-0.15, -0.1) is 0 Å². The topological polar surface area (TPSA) is 43.8 Å². The number of rotatable bonds is 2. The monoisotopic (exact) mass is 271 g/mol. The molecule has 2 rings (SSSR count). The first kappa shape index (κ1) is 12.8. The lowest BCUT2D eigenvalue weighted by Crippen LogP contribution is -2.05. The van der Waals surface area contributed by atoms with Crippen LogP contribution in [0.2, 0.25) is 5.02 Å². The second-order valence-corrected chi connectivity index (χ2v) is 4.39. The quantitative estimate of drug-likeness (QED) is 0.847. The largest absolute Gasteiger partial charge is 0.399 e. The highest BCUT2D eigenvalue weighted by atomic mass is 35.5. The Balaban J connectivity index is 2.67. The molecule has 0 saturated carbocycles. The number of nitrogens with two attached hydrogens (primary N) is 1. The van der Waals surface area contributed by atoms with Crippen LogP contribution in [-0.4, -0.2) is 9.78 Å². The highest BCUT2D eigenvalue weighted by Crippen LogP contribution is 2.30. The van der Waals surface area contributed by atoms with Crippen LogP contribution < -0.4 is 5.73 Å². The fourth-order valence-corrected chi connectivity index (χ4v) is 1.92. The Morgan fingerprint density at radius 1 is 1.33 bits per heavy atom. The first-order valence-corrected chi connectivity index (χ1v) is 5.69. The zero-order valence-corrected chi connectivity index (χ0v) is 10.7. The third kappa shape index (κ3) is 2.06. The Labute approximate surface area is 108 Å². The lowest BCUT2D eigenvalue weighted by Gasteiger charge is -2.11. The fourth-order valence-electron chi connectivity index (χ4n) is 1.80. The number of aromatic nitrogens is 2. The maximum atomic E-state index is 13.0. The van der Waals surface area contributed by atoms with Crippen molar-refractivity contribution in [3.8, 4) is 5.69 Å². The molecule has 1 aromatic carbocycles. The highest BCUT2D eigenvalue weighted by Gasteiger charge is 2.18. The molecule has 0 spiro atoms. The molecule has 96 valence electrons. The first-order chi connectivity index (χ1) is 8.41. The molecule has 0 saturated heterocycles. The fraction of sp³-hybridized carbons (Fsp3) is 0.250. The van der Waals surface area contributed by atoms with Crippen molar-refractivity contribution in [1.82, 2.24) is 9.78 Å². The molecule has 18 heavy (non-hydrogen) atoms. The molecule has 2 N–H and O–H groups in total. The molecule has 0 aliphatic carbocycles. The lowest BCUT2D eigenvalue weighted by atomic mass is 10.1. The van der Waals surface area contributed by atoms with Crippen molar-refractivity contribution in [3.05, 3.63) is 40.2 Å². The summed E-state index contributed by atoms with van der Waals surface area (Å²) in [5.41, 5.74) is 7.19. The Morgan fingerprint density at radius 3 is 2.50 bits per heavy atom. The number of nitrogen functional groups attached to an aromatic ring is 1. The smallest absolute Gasteiger partial charge is 0.266 e. The van der Waals surface area contributed by atoms with Gasteiger partial charge in [0.2, 0.25) is 0 Å². The molecule has 1 heterocycles. The van der Waals surface area contributed by atoms with Gasteiger partial charge in [0.05, 0.1) is 22.1 Å². The average Bonchev–Trinajstić information content (AvgIpc) is 2.57. The number of alkyl halides is 2. The van der Waals surface area contributed by atoms with Crippen LogP contribution in [0.5, 0.6) is 0 Å². The summed E-state index contributed by atoms with van der Waals surface area (Å²) in [5, 5.41) is 4.64. The van der Waals surface area contributed by atoms with E-state index < -0.39 is 6.43 Å². The molecule has 3 nitrogen and oxygen atoms in total. The van der Waals surface area contributed by atoms with E-state index in [0.717, 1.165) is 0 Å². The van der Waals surface area contributed by atoms with E-state index >= 15 is 0 Å². The van der Waals surface area contributed by atoms with Gasteiger partial charge in [-0.2, -0.15) is 5.10 Å². The Bertz CT molecular complexity index is 593. The van der Waals surface area contributed by atoms with Gasteiger partial charge in [0.1, 0.15) is 0 Å². The predicted molar refractivity (Wildman–Crippen MR) is 67.4 cm³/mol. The molecule has 0 atom stereocenters. The van der Waals surface area contributed by atoms with Crippen LogP contribution in [0.4, 0.5) is 14.5 Å². The predicted octanol–water partition coefficient (Wildman–Crippen LogP) is 3.66. The Kier molecular flexibility index (Phi) is 3.26. The third-order valence-corrected chi connectivity index (χ3v) is 3.26. The minimum atomic E-state index is -2.62. The van der Waals surface area contributed by atoms with Crippen molar-refractivity contribution in [3.63, 3.8) is 0 Å². The summed E-state index contributed by atoms with van der Waals surface area (Å²) in [6.45, 7) is 3.46. The maximum Gasteiger partial charge on any atom is 0.266 e. The molecular formula is C12H12ClF2N3. The van der Waals surface area contributed by atoms with Crippen molar-refractivity contribution < 1.29 is 8.78 Å². The number of hydrogen-bond donors (Lipinski definition) is 1. The summed E-state index contributed by atoms with van der Waals surface area (Å²) in [6.07, 6.45) is -2.62. The van der Waals surface area contributed by atoms with Gasteiger partial charge in [-0.3, -0.25) is 0 Å². The van der Waals surface area contributed by atoms with Crippen molar-refractivity contribution in [2.24, 2.45) is 0 Å². The standard InChI is InChI=1S/C12H12ClF2N3/c1-6-11(13)7(2)18(17-6)10-4-3-8(16)5-9(10)12(14)15/h3-5,12H,16H2,1-2H3. The van der Waals surface area contributed by atoms with E-state index in [4.69, 9.17) is 17.3 Å². The summed E-state index contributed by atoms with van der Waals surface area (Å²) in [5.74, 6) is 0. The van der Waals surface area contributed by atoms with Gasteiger partial charge >= 0.3 is 0 Å². The molecular weight excluding hydrogens is 260 g/mol. The molecule has 2 aromatic rings. The van der Waals surface area contributed by atoms with Gasteiger partial charge in [-0.1, -0.05) is 11.6 Å². The first-order valence-electron chi connectivity index (χ1n) is 5.31. The summed E-state index contributed by atoms with van der Waals surface area (Å²) in [7, 11) is 0. The molecule has 0 fully saturated rings. The van der Waals surface area contributed by atoms with E-state index in [9.17, 15) is 8.78 Å². The minimum absolute atomic E-state index is 0.155. The van der Waals surface area contributed by atoms with Gasteiger partial charge in [0.25, 0.3) is 6.43 Å². The van der Waals surface area contributed by atoms with Crippen molar-refractivity contribution in [1.29, 1.82) is 0 Å². The van der Waals surface area contributed by atoms with Crippen LogP contribution in [0.1, 0.15) is 23.4 Å². The van der Waals surface area contributed by atoms with Crippen LogP contribution >= 0.6 is 11.6 Å². The van der Waals surface area contributed by atoms with E-state index in [2.05, 4.69) is 5.10 Å². The van der Waals surface area contributed by atoms with E-state index in [1.165, 1.54) is 16.8 Å². The van der Waals surface area contributed by atoms with Crippen LogP contribution in [-0.2, 0) is 0 Å². The van der Waals surface area contributed by atoms with Crippen LogP contribution in [0.25, 0.3) is 5.69 Å². The number of nitrogens with zero attached hydrogens (tertiary/aromatic N) is 2. The molecule has 0 unspecified atom stereocenters. The molecule has 0 amide bonds.